The molecule has 1 aromatic carbocycles. The Balaban J connectivity index is 1.65. The molecular formula is C20H22N4O3S2. The van der Waals surface area contributed by atoms with Crippen LogP contribution in [-0.2, 0) is 0 Å². The molecule has 0 saturated carbocycles. The van der Waals surface area contributed by atoms with E-state index in [9.17, 15) is 9.59 Å². The lowest BCUT2D eigenvalue weighted by atomic mass is 10.1. The number of Topliss-reactive ketones (excluding diaryl/α,β-unsaturated/α-hetero) is 2. The van der Waals surface area contributed by atoms with Crippen molar-refractivity contribution in [2.75, 3.05) is 17.7 Å². The highest BCUT2D eigenvalue weighted by Gasteiger charge is 2.20. The van der Waals surface area contributed by atoms with Gasteiger partial charge in [-0.15, -0.1) is 10.2 Å². The second kappa shape index (κ2) is 9.23. The number of hydrogen-bond donors (Lipinski definition) is 2. The van der Waals surface area contributed by atoms with Crippen molar-refractivity contribution >= 4 is 45.5 Å². The maximum Gasteiger partial charge on any atom is 0.210 e. The average Bonchev–Trinajstić information content (AvgIpc) is 3.25. The average molecular weight is 431 g/mol. The van der Waals surface area contributed by atoms with E-state index in [2.05, 4.69) is 20.5 Å². The lowest BCUT2D eigenvalue weighted by Gasteiger charge is -2.09. The first-order valence-electron chi connectivity index (χ1n) is 9.09. The highest BCUT2D eigenvalue weighted by molar-refractivity contribution is 8.01. The smallest absolute Gasteiger partial charge is 0.210 e. The van der Waals surface area contributed by atoms with Crippen LogP contribution in [0.25, 0.3) is 0 Å². The van der Waals surface area contributed by atoms with Gasteiger partial charge in [-0.2, -0.15) is 0 Å². The molecule has 0 aliphatic carbocycles. The van der Waals surface area contributed by atoms with Crippen LogP contribution in [-0.4, -0.2) is 39.1 Å². The lowest BCUT2D eigenvalue weighted by Crippen LogP contribution is -2.05. The SMILES string of the molecule is CCOc1ccccc1Nc1nnc(SCC(=O)c2[nH]c(C)c(C(C)=O)c2C)s1. The Morgan fingerprint density at radius 1 is 1.24 bits per heavy atom. The zero-order valence-electron chi connectivity index (χ0n) is 16.7. The lowest BCUT2D eigenvalue weighted by molar-refractivity contribution is 0.101. The van der Waals surface area contributed by atoms with Crippen molar-refractivity contribution in [1.29, 1.82) is 0 Å². The van der Waals surface area contributed by atoms with Crippen LogP contribution in [0, 0.1) is 13.8 Å². The van der Waals surface area contributed by atoms with Crippen molar-refractivity contribution in [3.63, 3.8) is 0 Å². The maximum absolute atomic E-state index is 12.6. The normalized spacial score (nSPS) is 10.8. The largest absolute Gasteiger partial charge is 0.492 e. The molecule has 152 valence electrons. The molecule has 29 heavy (non-hydrogen) atoms. The number of carbonyl (C=O) groups excluding carboxylic acids is 2. The van der Waals surface area contributed by atoms with E-state index in [-0.39, 0.29) is 17.3 Å². The first kappa shape index (κ1) is 21.1. The van der Waals surface area contributed by atoms with Crippen LogP contribution in [0.2, 0.25) is 0 Å². The third-order valence-corrected chi connectivity index (χ3v) is 6.20. The number of hydrogen-bond acceptors (Lipinski definition) is 8. The molecule has 3 aromatic rings. The van der Waals surface area contributed by atoms with Crippen molar-refractivity contribution in [3.8, 4) is 5.75 Å². The molecule has 2 aromatic heterocycles. The molecule has 0 fully saturated rings. The van der Waals surface area contributed by atoms with Gasteiger partial charge in [0.05, 0.1) is 23.7 Å². The molecule has 3 rings (SSSR count). The first-order valence-corrected chi connectivity index (χ1v) is 10.9. The van der Waals surface area contributed by atoms with E-state index in [1.165, 1.54) is 30.0 Å². The fourth-order valence-corrected chi connectivity index (χ4v) is 4.68. The number of carbonyl (C=O) groups is 2. The highest BCUT2D eigenvalue weighted by atomic mass is 32.2. The molecular weight excluding hydrogens is 408 g/mol. The highest BCUT2D eigenvalue weighted by Crippen LogP contribution is 2.32. The third kappa shape index (κ3) is 4.86. The Hall–Kier alpha value is -2.65. The van der Waals surface area contributed by atoms with Gasteiger partial charge in [-0.05, 0) is 45.4 Å². The molecule has 0 radical (unpaired) electrons. The number of aromatic nitrogens is 3. The molecule has 0 atom stereocenters. The molecule has 0 spiro atoms. The van der Waals surface area contributed by atoms with Gasteiger partial charge in [0.15, 0.2) is 15.9 Å². The summed E-state index contributed by atoms with van der Waals surface area (Å²) in [7, 11) is 0. The Morgan fingerprint density at radius 3 is 2.69 bits per heavy atom. The minimum atomic E-state index is -0.0745. The predicted molar refractivity (Wildman–Crippen MR) is 116 cm³/mol. The topological polar surface area (TPSA) is 97.0 Å². The monoisotopic (exact) mass is 430 g/mol. The molecule has 0 aliphatic rings. The third-order valence-electron chi connectivity index (χ3n) is 4.23. The quantitative estimate of drug-likeness (QED) is 0.372. The van der Waals surface area contributed by atoms with Crippen LogP contribution < -0.4 is 10.1 Å². The summed E-state index contributed by atoms with van der Waals surface area (Å²) in [6.07, 6.45) is 0. The van der Waals surface area contributed by atoms with E-state index in [0.717, 1.165) is 17.1 Å². The molecule has 0 saturated heterocycles. The van der Waals surface area contributed by atoms with Crippen molar-refractivity contribution in [2.24, 2.45) is 0 Å². The van der Waals surface area contributed by atoms with E-state index in [0.29, 0.717) is 32.9 Å². The van der Waals surface area contributed by atoms with E-state index in [4.69, 9.17) is 4.74 Å². The molecule has 7 nitrogen and oxygen atoms in total. The van der Waals surface area contributed by atoms with Crippen LogP contribution >= 0.6 is 23.1 Å². The second-order valence-electron chi connectivity index (χ2n) is 6.32. The van der Waals surface area contributed by atoms with Crippen LogP contribution in [0.3, 0.4) is 0 Å². The number of benzene rings is 1. The van der Waals surface area contributed by atoms with Gasteiger partial charge in [-0.3, -0.25) is 9.59 Å². The second-order valence-corrected chi connectivity index (χ2v) is 8.52. The Labute approximate surface area is 177 Å². The zero-order valence-corrected chi connectivity index (χ0v) is 18.3. The number of thioether (sulfide) groups is 1. The Kier molecular flexibility index (Phi) is 6.71. The summed E-state index contributed by atoms with van der Waals surface area (Å²) >= 11 is 2.69. The summed E-state index contributed by atoms with van der Waals surface area (Å²) in [4.78, 5) is 27.4. The van der Waals surface area contributed by atoms with Crippen LogP contribution in [0.1, 0.15) is 46.0 Å². The van der Waals surface area contributed by atoms with Gasteiger partial charge in [-0.1, -0.05) is 35.2 Å². The fraction of sp³-hybridized carbons (Fsp3) is 0.300. The molecule has 2 N–H and O–H groups in total. The number of ketones is 2. The van der Waals surface area contributed by atoms with Crippen molar-refractivity contribution in [3.05, 3.63) is 46.8 Å². The number of ether oxygens (including phenoxy) is 1. The molecule has 0 amide bonds. The number of H-pyrrole nitrogens is 1. The van der Waals surface area contributed by atoms with Crippen LogP contribution in [0.5, 0.6) is 5.75 Å². The summed E-state index contributed by atoms with van der Waals surface area (Å²) in [6, 6.07) is 7.62. The van der Waals surface area contributed by atoms with Gasteiger partial charge in [0.2, 0.25) is 5.13 Å². The van der Waals surface area contributed by atoms with Crippen LogP contribution in [0.4, 0.5) is 10.8 Å². The molecule has 2 heterocycles. The van der Waals surface area contributed by atoms with Gasteiger partial charge in [0.25, 0.3) is 0 Å². The zero-order chi connectivity index (χ0) is 21.0. The van der Waals surface area contributed by atoms with Gasteiger partial charge in [0, 0.05) is 11.3 Å². The van der Waals surface area contributed by atoms with Gasteiger partial charge in [-0.25, -0.2) is 0 Å². The number of para-hydroxylation sites is 2. The Morgan fingerprint density at radius 2 is 2.00 bits per heavy atom. The number of nitrogens with one attached hydrogen (secondary N) is 2. The number of aryl methyl sites for hydroxylation is 1. The molecule has 0 bridgehead atoms. The van der Waals surface area contributed by atoms with Crippen molar-refractivity contribution in [1.82, 2.24) is 15.2 Å². The summed E-state index contributed by atoms with van der Waals surface area (Å²) in [5, 5.41) is 12.1. The molecule has 0 unspecified atom stereocenters. The van der Waals surface area contributed by atoms with Gasteiger partial charge < -0.3 is 15.0 Å². The first-order chi connectivity index (χ1) is 13.9. The predicted octanol–water partition coefficient (Wildman–Crippen LogP) is 4.80. The van der Waals surface area contributed by atoms with Gasteiger partial charge >= 0.3 is 0 Å². The number of rotatable bonds is 9. The number of anilines is 2. The minimum Gasteiger partial charge on any atom is -0.492 e. The number of nitrogens with zero attached hydrogens (tertiary/aromatic N) is 2. The van der Waals surface area contributed by atoms with Crippen molar-refractivity contribution < 1.29 is 14.3 Å². The minimum absolute atomic E-state index is 0.0462. The molecule has 9 heteroatoms. The maximum atomic E-state index is 12.6. The molecule has 0 aliphatic heterocycles. The summed E-state index contributed by atoms with van der Waals surface area (Å²) in [5.41, 5.74) is 3.31. The van der Waals surface area contributed by atoms with Crippen LogP contribution in [0.15, 0.2) is 28.6 Å². The van der Waals surface area contributed by atoms with Gasteiger partial charge in [0.1, 0.15) is 5.75 Å². The summed E-state index contributed by atoms with van der Waals surface area (Å²) in [5.74, 6) is 0.834. The standard InChI is InChI=1S/C20H22N4O3S2/c1-5-27-16-9-7-6-8-14(16)22-19-23-24-20(29-19)28-10-15(26)18-11(2)17(13(4)25)12(3)21-18/h6-9,21H,5,10H2,1-4H3,(H,22,23). The fourth-order valence-electron chi connectivity index (χ4n) is 3.04. The Bertz CT molecular complexity index is 1040. The number of aromatic amines is 1. The summed E-state index contributed by atoms with van der Waals surface area (Å²) < 4.78 is 6.28. The summed E-state index contributed by atoms with van der Waals surface area (Å²) in [6.45, 7) is 7.60. The van der Waals surface area contributed by atoms with E-state index in [1.54, 1.807) is 13.8 Å². The van der Waals surface area contributed by atoms with Crippen molar-refractivity contribution in [2.45, 2.75) is 32.0 Å². The van der Waals surface area contributed by atoms with E-state index < -0.39 is 0 Å². The van der Waals surface area contributed by atoms with E-state index in [1.807, 2.05) is 31.2 Å². The van der Waals surface area contributed by atoms with E-state index >= 15 is 0 Å².